The van der Waals surface area contributed by atoms with Crippen LogP contribution in [0.15, 0.2) is 0 Å². The maximum absolute atomic E-state index is 12.3. The summed E-state index contributed by atoms with van der Waals surface area (Å²) in [6, 6.07) is 0. The maximum atomic E-state index is 12.3. The number of amides is 1. The highest BCUT2D eigenvalue weighted by atomic mass is 16.5. The molecule has 1 amide bonds. The van der Waals surface area contributed by atoms with Gasteiger partial charge in [0.15, 0.2) is 11.8 Å². The number of carboxylic acid groups (broad SMARTS) is 1. The highest BCUT2D eigenvalue weighted by Gasteiger charge is 2.28. The zero-order chi connectivity index (χ0) is 22.1. The molecule has 2 rings (SSSR count). The van der Waals surface area contributed by atoms with Gasteiger partial charge in [-0.05, 0) is 45.4 Å². The Balaban J connectivity index is 1.58. The van der Waals surface area contributed by atoms with Gasteiger partial charge in [-0.15, -0.1) is 0 Å². The van der Waals surface area contributed by atoms with Crippen molar-refractivity contribution in [3.8, 4) is 11.8 Å². The minimum Gasteiger partial charge on any atom is -0.494 e. The second kappa shape index (κ2) is 11.8. The van der Waals surface area contributed by atoms with Crippen LogP contribution in [0.25, 0.3) is 0 Å². The van der Waals surface area contributed by atoms with E-state index < -0.39 is 5.97 Å². The Labute approximate surface area is 177 Å². The van der Waals surface area contributed by atoms with E-state index in [2.05, 4.69) is 5.32 Å². The van der Waals surface area contributed by atoms with Crippen LogP contribution in [0.2, 0.25) is 0 Å². The Morgan fingerprint density at radius 2 is 1.53 bits per heavy atom. The van der Waals surface area contributed by atoms with Gasteiger partial charge in [0.2, 0.25) is 5.91 Å². The van der Waals surface area contributed by atoms with Crippen molar-refractivity contribution in [1.82, 2.24) is 9.88 Å². The van der Waals surface area contributed by atoms with Crippen molar-refractivity contribution in [2.45, 2.75) is 52.5 Å². The lowest BCUT2D eigenvalue weighted by atomic mass is 9.81. The molecule has 0 aliphatic heterocycles. The molecule has 9 heteroatoms. The lowest BCUT2D eigenvalue weighted by Gasteiger charge is -2.28. The molecule has 0 unspecified atom stereocenters. The molecule has 1 saturated carbocycles. The SMILES string of the molecule is Cc1c(C)c(O)n(CC2CCC(C(=O)NCCOCCOCCC(=O)O)CC2)c1O. The summed E-state index contributed by atoms with van der Waals surface area (Å²) in [5.41, 5.74) is 1.41. The van der Waals surface area contributed by atoms with Crippen molar-refractivity contribution in [2.75, 3.05) is 33.0 Å². The van der Waals surface area contributed by atoms with Crippen molar-refractivity contribution in [1.29, 1.82) is 0 Å². The average Bonchev–Trinajstić information content (AvgIpc) is 2.90. The summed E-state index contributed by atoms with van der Waals surface area (Å²) >= 11 is 0. The van der Waals surface area contributed by atoms with Gasteiger partial charge in [-0.25, -0.2) is 0 Å². The van der Waals surface area contributed by atoms with E-state index in [1.54, 1.807) is 18.4 Å². The molecule has 1 aliphatic carbocycles. The number of carbonyl (C=O) groups is 2. The van der Waals surface area contributed by atoms with Crippen LogP contribution in [0.5, 0.6) is 11.8 Å². The third kappa shape index (κ3) is 6.91. The van der Waals surface area contributed by atoms with Crippen molar-refractivity contribution in [3.05, 3.63) is 11.1 Å². The van der Waals surface area contributed by atoms with E-state index in [0.29, 0.717) is 50.0 Å². The fourth-order valence-electron chi connectivity index (χ4n) is 3.75. The van der Waals surface area contributed by atoms with E-state index in [0.717, 1.165) is 25.7 Å². The largest absolute Gasteiger partial charge is 0.494 e. The molecule has 30 heavy (non-hydrogen) atoms. The standard InChI is InChI=1S/C21H34N2O7/c1-14-15(2)21(28)23(20(14)27)13-16-3-5-17(6-4-16)19(26)22-8-10-30-12-11-29-9-7-18(24)25/h16-17,27-28H,3-13H2,1-2H3,(H,22,26)(H,24,25). The van der Waals surface area contributed by atoms with E-state index in [4.69, 9.17) is 14.6 Å². The third-order valence-electron chi connectivity index (χ3n) is 5.78. The molecular formula is C21H34N2O7. The first kappa shape index (κ1) is 24.0. The minimum absolute atomic E-state index is 0.0177. The molecule has 0 radical (unpaired) electrons. The van der Waals surface area contributed by atoms with Crippen LogP contribution >= 0.6 is 0 Å². The first-order valence-electron chi connectivity index (χ1n) is 10.5. The monoisotopic (exact) mass is 426 g/mol. The van der Waals surface area contributed by atoms with Gasteiger partial charge < -0.3 is 30.1 Å². The van der Waals surface area contributed by atoms with Crippen LogP contribution in [0.4, 0.5) is 0 Å². The number of hydrogen-bond acceptors (Lipinski definition) is 6. The Morgan fingerprint density at radius 3 is 2.10 bits per heavy atom. The van der Waals surface area contributed by atoms with E-state index in [1.165, 1.54) is 0 Å². The summed E-state index contributed by atoms with van der Waals surface area (Å²) < 4.78 is 12.0. The number of carboxylic acids is 1. The summed E-state index contributed by atoms with van der Waals surface area (Å²) in [5.74, 6) is -0.307. The molecule has 1 fully saturated rings. The first-order valence-corrected chi connectivity index (χ1v) is 10.5. The Bertz CT molecular complexity index is 683. The molecule has 0 saturated heterocycles. The molecule has 1 aromatic heterocycles. The lowest BCUT2D eigenvalue weighted by molar-refractivity contribution is -0.138. The van der Waals surface area contributed by atoms with Gasteiger partial charge in [0, 0.05) is 30.1 Å². The van der Waals surface area contributed by atoms with Crippen molar-refractivity contribution < 1.29 is 34.4 Å². The first-order chi connectivity index (χ1) is 14.3. The number of rotatable bonds is 12. The summed E-state index contributed by atoms with van der Waals surface area (Å²) in [5, 5.41) is 31.8. The number of aromatic nitrogens is 1. The molecule has 4 N–H and O–H groups in total. The zero-order valence-electron chi connectivity index (χ0n) is 17.9. The van der Waals surface area contributed by atoms with Crippen molar-refractivity contribution in [3.63, 3.8) is 0 Å². The molecule has 0 aromatic carbocycles. The van der Waals surface area contributed by atoms with Crippen LogP contribution < -0.4 is 5.32 Å². The minimum atomic E-state index is -0.890. The fraction of sp³-hybridized carbons (Fsp3) is 0.714. The molecule has 0 spiro atoms. The number of nitrogens with one attached hydrogen (secondary N) is 1. The third-order valence-corrected chi connectivity index (χ3v) is 5.78. The van der Waals surface area contributed by atoms with Gasteiger partial charge in [0.1, 0.15) is 0 Å². The van der Waals surface area contributed by atoms with Crippen LogP contribution in [0.3, 0.4) is 0 Å². The zero-order valence-corrected chi connectivity index (χ0v) is 17.9. The van der Waals surface area contributed by atoms with Gasteiger partial charge in [-0.3, -0.25) is 14.2 Å². The van der Waals surface area contributed by atoms with Gasteiger partial charge >= 0.3 is 5.97 Å². The van der Waals surface area contributed by atoms with Crippen molar-refractivity contribution in [2.24, 2.45) is 11.8 Å². The summed E-state index contributed by atoms with van der Waals surface area (Å²) in [4.78, 5) is 22.7. The van der Waals surface area contributed by atoms with Gasteiger partial charge in [0.25, 0.3) is 0 Å². The normalized spacial score (nSPS) is 19.0. The van der Waals surface area contributed by atoms with E-state index in [1.807, 2.05) is 0 Å². The predicted octanol–water partition coefficient (Wildman–Crippen LogP) is 1.95. The molecular weight excluding hydrogens is 392 g/mol. The van der Waals surface area contributed by atoms with Crippen LogP contribution in [0, 0.1) is 25.7 Å². The predicted molar refractivity (Wildman–Crippen MR) is 110 cm³/mol. The lowest BCUT2D eigenvalue weighted by Crippen LogP contribution is -2.35. The number of carbonyl (C=O) groups excluding carboxylic acids is 1. The summed E-state index contributed by atoms with van der Waals surface area (Å²) in [6.45, 7) is 5.81. The topological polar surface area (TPSA) is 130 Å². The Hall–Kier alpha value is -2.26. The second-order valence-corrected chi connectivity index (χ2v) is 7.88. The van der Waals surface area contributed by atoms with Crippen LogP contribution in [-0.4, -0.2) is 64.7 Å². The number of nitrogens with zero attached hydrogens (tertiary/aromatic N) is 1. The molecule has 1 heterocycles. The van der Waals surface area contributed by atoms with Crippen LogP contribution in [-0.2, 0) is 25.6 Å². The van der Waals surface area contributed by atoms with Gasteiger partial charge in [-0.2, -0.15) is 0 Å². The molecule has 1 aliphatic rings. The Kier molecular flexibility index (Phi) is 9.45. The summed E-state index contributed by atoms with van der Waals surface area (Å²) in [6.07, 6.45) is 3.30. The summed E-state index contributed by atoms with van der Waals surface area (Å²) in [7, 11) is 0. The fourth-order valence-corrected chi connectivity index (χ4v) is 3.75. The van der Waals surface area contributed by atoms with E-state index in [9.17, 15) is 19.8 Å². The molecule has 1 aromatic rings. The number of ether oxygens (including phenoxy) is 2. The smallest absolute Gasteiger partial charge is 0.305 e. The maximum Gasteiger partial charge on any atom is 0.305 e. The number of aliphatic carboxylic acids is 1. The van der Waals surface area contributed by atoms with Crippen molar-refractivity contribution >= 4 is 11.9 Å². The highest BCUT2D eigenvalue weighted by molar-refractivity contribution is 5.78. The van der Waals surface area contributed by atoms with Gasteiger partial charge in [-0.1, -0.05) is 0 Å². The number of hydrogen-bond donors (Lipinski definition) is 4. The quantitative estimate of drug-likeness (QED) is 0.376. The number of aromatic hydroxyl groups is 2. The second-order valence-electron chi connectivity index (χ2n) is 7.88. The van der Waals surface area contributed by atoms with E-state index in [-0.39, 0.29) is 36.6 Å². The Morgan fingerprint density at radius 1 is 0.967 bits per heavy atom. The van der Waals surface area contributed by atoms with Gasteiger partial charge in [0.05, 0.1) is 32.8 Å². The molecule has 9 nitrogen and oxygen atoms in total. The molecule has 0 bridgehead atoms. The molecule has 170 valence electrons. The average molecular weight is 427 g/mol. The highest BCUT2D eigenvalue weighted by Crippen LogP contribution is 2.36. The van der Waals surface area contributed by atoms with E-state index >= 15 is 0 Å². The molecule has 0 atom stereocenters. The van der Waals surface area contributed by atoms with Crippen LogP contribution in [0.1, 0.15) is 43.2 Å².